The van der Waals surface area contributed by atoms with Gasteiger partial charge in [-0.1, -0.05) is 26.8 Å². The van der Waals surface area contributed by atoms with Gasteiger partial charge in [0.05, 0.1) is 5.69 Å². The summed E-state index contributed by atoms with van der Waals surface area (Å²) >= 11 is 0. The van der Waals surface area contributed by atoms with Gasteiger partial charge in [0.15, 0.2) is 0 Å². The van der Waals surface area contributed by atoms with Crippen LogP contribution < -0.4 is 10.2 Å². The largest absolute Gasteiger partial charge is 0.355 e. The Morgan fingerprint density at radius 3 is 2.81 bits per heavy atom. The van der Waals surface area contributed by atoms with Crippen molar-refractivity contribution in [2.24, 2.45) is 0 Å². The Kier molecular flexibility index (Phi) is 6.46. The predicted molar refractivity (Wildman–Crippen MR) is 89.8 cm³/mol. The number of aromatic nitrogens is 1. The second-order valence-electron chi connectivity index (χ2n) is 5.77. The minimum atomic E-state index is 0.684. The first-order valence-electron chi connectivity index (χ1n) is 8.44. The molecule has 1 atom stereocenters. The van der Waals surface area contributed by atoms with Gasteiger partial charge in [0.1, 0.15) is 5.82 Å². The van der Waals surface area contributed by atoms with Crippen LogP contribution in [-0.2, 0) is 6.54 Å². The summed E-state index contributed by atoms with van der Waals surface area (Å²) in [4.78, 5) is 9.82. The average Bonchev–Trinajstić information content (AvgIpc) is 2.99. The zero-order chi connectivity index (χ0) is 15.1. The Hall–Kier alpha value is -1.13. The van der Waals surface area contributed by atoms with Gasteiger partial charge in [-0.2, -0.15) is 0 Å². The van der Waals surface area contributed by atoms with Crippen LogP contribution in [0.2, 0.25) is 0 Å². The van der Waals surface area contributed by atoms with Crippen molar-refractivity contribution < 1.29 is 0 Å². The van der Waals surface area contributed by atoms with Crippen LogP contribution in [0.4, 0.5) is 5.82 Å². The Bertz CT molecular complexity index is 417. The molecule has 2 rings (SSSR count). The smallest absolute Gasteiger partial charge is 0.128 e. The van der Waals surface area contributed by atoms with E-state index in [0.29, 0.717) is 6.04 Å². The van der Waals surface area contributed by atoms with E-state index in [2.05, 4.69) is 54.1 Å². The summed E-state index contributed by atoms with van der Waals surface area (Å²) in [5.41, 5.74) is 1.15. The molecule has 4 nitrogen and oxygen atoms in total. The molecule has 118 valence electrons. The number of nitrogens with one attached hydrogen (secondary N) is 1. The van der Waals surface area contributed by atoms with Gasteiger partial charge < -0.3 is 10.2 Å². The molecule has 0 aromatic carbocycles. The molecule has 1 N–H and O–H groups in total. The highest BCUT2D eigenvalue weighted by Crippen LogP contribution is 2.21. The number of rotatable bonds is 8. The maximum absolute atomic E-state index is 4.82. The van der Waals surface area contributed by atoms with Crippen molar-refractivity contribution in [3.63, 3.8) is 0 Å². The summed E-state index contributed by atoms with van der Waals surface area (Å²) in [6.45, 7) is 13.1. The van der Waals surface area contributed by atoms with E-state index in [4.69, 9.17) is 4.98 Å². The Morgan fingerprint density at radius 2 is 2.10 bits per heavy atom. The molecule has 1 unspecified atom stereocenters. The summed E-state index contributed by atoms with van der Waals surface area (Å²) in [6.07, 6.45) is 2.42. The second kappa shape index (κ2) is 8.35. The average molecular weight is 290 g/mol. The van der Waals surface area contributed by atoms with Crippen LogP contribution >= 0.6 is 0 Å². The van der Waals surface area contributed by atoms with Gasteiger partial charge in [-0.15, -0.1) is 0 Å². The molecule has 0 bridgehead atoms. The first kappa shape index (κ1) is 16.2. The Labute approximate surface area is 129 Å². The zero-order valence-electron chi connectivity index (χ0n) is 13.8. The van der Waals surface area contributed by atoms with Gasteiger partial charge in [-0.3, -0.25) is 4.90 Å². The highest BCUT2D eigenvalue weighted by Gasteiger charge is 2.26. The van der Waals surface area contributed by atoms with Gasteiger partial charge in [-0.25, -0.2) is 4.98 Å². The molecule has 0 radical (unpaired) electrons. The molecule has 1 aliphatic rings. The third-order valence-corrected chi connectivity index (χ3v) is 4.34. The Balaban J connectivity index is 1.94. The highest BCUT2D eigenvalue weighted by atomic mass is 15.3. The van der Waals surface area contributed by atoms with E-state index in [1.54, 1.807) is 0 Å². The summed E-state index contributed by atoms with van der Waals surface area (Å²) in [5, 5.41) is 3.43. The molecule has 1 saturated heterocycles. The van der Waals surface area contributed by atoms with E-state index in [9.17, 15) is 0 Å². The molecule has 1 fully saturated rings. The molecule has 2 heterocycles. The fourth-order valence-electron chi connectivity index (χ4n) is 3.12. The molecule has 0 amide bonds. The van der Waals surface area contributed by atoms with E-state index >= 15 is 0 Å². The van der Waals surface area contributed by atoms with E-state index in [0.717, 1.165) is 57.2 Å². The number of hydrogen-bond donors (Lipinski definition) is 1. The lowest BCUT2D eigenvalue weighted by Gasteiger charge is -2.26. The van der Waals surface area contributed by atoms with Gasteiger partial charge in [0.2, 0.25) is 0 Å². The molecule has 0 aliphatic carbocycles. The summed E-state index contributed by atoms with van der Waals surface area (Å²) in [5.74, 6) is 1.14. The van der Waals surface area contributed by atoms with Crippen molar-refractivity contribution in [1.82, 2.24) is 15.2 Å². The van der Waals surface area contributed by atoms with E-state index < -0.39 is 0 Å². The topological polar surface area (TPSA) is 31.4 Å². The number of hydrogen-bond acceptors (Lipinski definition) is 4. The standard InChI is InChI=1S/C17H30N4/c1-4-11-18-13-15-8-7-9-17(19-15)21-12-10-16(14-21)20(5-2)6-3/h7-9,16,18H,4-6,10-14H2,1-3H3. The zero-order valence-corrected chi connectivity index (χ0v) is 13.8. The first-order chi connectivity index (χ1) is 10.3. The van der Waals surface area contributed by atoms with Gasteiger partial charge >= 0.3 is 0 Å². The molecule has 0 spiro atoms. The SMILES string of the molecule is CCCNCc1cccc(N2CCC(N(CC)CC)C2)n1. The van der Waals surface area contributed by atoms with Crippen LogP contribution in [-0.4, -0.2) is 48.6 Å². The number of pyridine rings is 1. The molecule has 1 aliphatic heterocycles. The maximum Gasteiger partial charge on any atom is 0.128 e. The van der Waals surface area contributed by atoms with Crippen LogP contribution in [0, 0.1) is 0 Å². The van der Waals surface area contributed by atoms with Crippen molar-refractivity contribution >= 4 is 5.82 Å². The second-order valence-corrected chi connectivity index (χ2v) is 5.77. The van der Waals surface area contributed by atoms with E-state index in [1.807, 2.05) is 0 Å². The van der Waals surface area contributed by atoms with Crippen molar-refractivity contribution in [2.45, 2.75) is 46.2 Å². The monoisotopic (exact) mass is 290 g/mol. The number of nitrogens with zero attached hydrogens (tertiary/aromatic N) is 3. The molecular weight excluding hydrogens is 260 g/mol. The molecule has 0 saturated carbocycles. The summed E-state index contributed by atoms with van der Waals surface area (Å²) < 4.78 is 0. The number of anilines is 1. The van der Waals surface area contributed by atoms with Crippen LogP contribution in [0.5, 0.6) is 0 Å². The molecule has 1 aromatic heterocycles. The highest BCUT2D eigenvalue weighted by molar-refractivity contribution is 5.41. The fraction of sp³-hybridized carbons (Fsp3) is 0.706. The lowest BCUT2D eigenvalue weighted by Crippen LogP contribution is -2.37. The summed E-state index contributed by atoms with van der Waals surface area (Å²) in [7, 11) is 0. The van der Waals surface area contributed by atoms with Crippen LogP contribution in [0.1, 0.15) is 39.3 Å². The maximum atomic E-state index is 4.82. The molecule has 1 aromatic rings. The molecular formula is C17H30N4. The van der Waals surface area contributed by atoms with Gasteiger partial charge in [0.25, 0.3) is 0 Å². The van der Waals surface area contributed by atoms with Crippen LogP contribution in [0.3, 0.4) is 0 Å². The van der Waals surface area contributed by atoms with E-state index in [1.165, 1.54) is 6.42 Å². The van der Waals surface area contributed by atoms with E-state index in [-0.39, 0.29) is 0 Å². The normalized spacial score (nSPS) is 18.7. The van der Waals surface area contributed by atoms with Crippen LogP contribution in [0.25, 0.3) is 0 Å². The lowest BCUT2D eigenvalue weighted by atomic mass is 10.2. The Morgan fingerprint density at radius 1 is 1.29 bits per heavy atom. The van der Waals surface area contributed by atoms with Crippen molar-refractivity contribution in [3.05, 3.63) is 23.9 Å². The first-order valence-corrected chi connectivity index (χ1v) is 8.44. The summed E-state index contributed by atoms with van der Waals surface area (Å²) in [6, 6.07) is 7.08. The van der Waals surface area contributed by atoms with Crippen molar-refractivity contribution in [2.75, 3.05) is 37.6 Å². The fourth-order valence-corrected chi connectivity index (χ4v) is 3.12. The third kappa shape index (κ3) is 4.42. The molecule has 4 heteroatoms. The van der Waals surface area contributed by atoms with Crippen molar-refractivity contribution in [3.8, 4) is 0 Å². The minimum Gasteiger partial charge on any atom is -0.355 e. The van der Waals surface area contributed by atoms with Gasteiger partial charge in [0, 0.05) is 25.7 Å². The lowest BCUT2D eigenvalue weighted by molar-refractivity contribution is 0.232. The van der Waals surface area contributed by atoms with Crippen molar-refractivity contribution in [1.29, 1.82) is 0 Å². The van der Waals surface area contributed by atoms with Gasteiger partial charge in [-0.05, 0) is 44.6 Å². The third-order valence-electron chi connectivity index (χ3n) is 4.34. The van der Waals surface area contributed by atoms with Crippen LogP contribution in [0.15, 0.2) is 18.2 Å². The minimum absolute atomic E-state index is 0.684. The number of likely N-dealkylation sites (N-methyl/N-ethyl adjacent to an activating group) is 1. The predicted octanol–water partition coefficient (Wildman–Crippen LogP) is 2.50. The quantitative estimate of drug-likeness (QED) is 0.746. The molecule has 21 heavy (non-hydrogen) atoms.